The van der Waals surface area contributed by atoms with Crippen molar-refractivity contribution in [3.05, 3.63) is 483 Å². The van der Waals surface area contributed by atoms with E-state index < -0.39 is 17.9 Å². The number of phenols is 4. The molecule has 0 bridgehead atoms. The van der Waals surface area contributed by atoms with Crippen LogP contribution in [0.2, 0.25) is 0 Å². The van der Waals surface area contributed by atoms with Gasteiger partial charge in [0.05, 0.1) is 22.7 Å². The molecule has 0 spiro atoms. The van der Waals surface area contributed by atoms with Crippen LogP contribution in [0.4, 0.5) is 91.0 Å². The number of hydrogen-bond acceptors (Lipinski definition) is 14. The maximum Gasteiger partial charge on any atom is 1.00 e. The predicted molar refractivity (Wildman–Crippen MR) is 560 cm³/mol. The zero-order valence-electron chi connectivity index (χ0n) is 75.0. The van der Waals surface area contributed by atoms with Crippen molar-refractivity contribution in [1.29, 1.82) is 0 Å². The Kier molecular flexibility index (Phi) is 41.1. The van der Waals surface area contributed by atoms with Crippen LogP contribution < -0.4 is 54.3 Å². The van der Waals surface area contributed by atoms with E-state index in [1.807, 2.05) is 243 Å². The molecule has 670 valence electrons. The minimum Gasteiger partial charge on any atom is 0 e. The fourth-order valence-corrected chi connectivity index (χ4v) is 14.9. The van der Waals surface area contributed by atoms with Gasteiger partial charge in [-0.25, -0.2) is 0 Å². The van der Waals surface area contributed by atoms with Gasteiger partial charge in [-0.15, -0.1) is 0 Å². The first kappa shape index (κ1) is 105. The summed E-state index contributed by atoms with van der Waals surface area (Å²) >= 11 is -0.556. The van der Waals surface area contributed by atoms with Crippen LogP contribution in [0.1, 0.15) is 29.2 Å². The number of aliphatic imine (C=N–C) groups is 4. The van der Waals surface area contributed by atoms with Crippen LogP contribution in [0.5, 0.6) is 23.0 Å². The molecule has 0 amide bonds. The van der Waals surface area contributed by atoms with Gasteiger partial charge in [0, 0.05) is 142 Å². The van der Waals surface area contributed by atoms with Crippen LogP contribution in [-0.2, 0) is 37.8 Å². The molecule has 0 saturated carbocycles. The average molecular weight is 2300 g/mol. The summed E-state index contributed by atoms with van der Waals surface area (Å²) in [6.45, 7) is 0.972. The van der Waals surface area contributed by atoms with Crippen LogP contribution in [0.3, 0.4) is 0 Å². The molecule has 0 aliphatic heterocycles. The number of carbonyl (C=O) groups excluding carboxylic acids is 1. The molecule has 18 aromatic carbocycles. The fourth-order valence-electron chi connectivity index (χ4n) is 14.9. The smallest absolute Gasteiger partial charge is 0 e. The first-order valence-electron chi connectivity index (χ1n) is 43.2. The maximum absolute atomic E-state index is 11.1. The number of nitrogens with zero attached hydrogens (tertiary/aromatic N) is 8. The van der Waals surface area contributed by atoms with Crippen molar-refractivity contribution in [2.75, 3.05) is 19.6 Å². The SMILES string of the molecule is CC(=O)[O-].Oc1cc(-c2ccc(N(c3ccccc3)c3ccccc3)cc2)ccc1C=Nc1ccccc1N=Cc1ccc(-c2ccc(N(c3ccccc3)c3ccccc3)cc2)cc1O.Oc1cc(-c2ccc(N(c3ccccc3)c3ccccc3)cc2)ccc1C=Nc1ccccc1N=Cc1ccc(-c2ccc(N(c3ccccc3)c3ccccc3)cc2)cc1O.[Cl][Pt]([Cl])([Cl])[Cl].[K][K].[Na+].[Pt]. The summed E-state index contributed by atoms with van der Waals surface area (Å²) in [6, 6.07) is 153. The van der Waals surface area contributed by atoms with Gasteiger partial charge in [0.1, 0.15) is 23.0 Å². The minimum atomic E-state index is -3.06. The van der Waals surface area contributed by atoms with Gasteiger partial charge in [-0.1, -0.05) is 243 Å². The molecule has 0 saturated heterocycles. The van der Waals surface area contributed by atoms with Gasteiger partial charge in [-0.2, -0.15) is 0 Å². The van der Waals surface area contributed by atoms with Crippen LogP contribution in [0, 0.1) is 0 Å². The van der Waals surface area contributed by atoms with Crippen molar-refractivity contribution >= 4 is 223 Å². The second-order valence-corrected chi connectivity index (χ2v) is 49.8. The van der Waals surface area contributed by atoms with E-state index in [2.05, 4.69) is 214 Å². The molecular weight excluding hydrogens is 2210 g/mol. The van der Waals surface area contributed by atoms with Gasteiger partial charge in [0.2, 0.25) is 0 Å². The van der Waals surface area contributed by atoms with E-state index in [1.165, 1.54) is 63.2 Å². The zero-order chi connectivity index (χ0) is 94.3. The maximum atomic E-state index is 11.1. The van der Waals surface area contributed by atoms with Crippen molar-refractivity contribution in [2.45, 2.75) is 6.92 Å². The first-order valence-corrected chi connectivity index (χ1v) is 70.5. The van der Waals surface area contributed by atoms with E-state index >= 15 is 0 Å². The summed E-state index contributed by atoms with van der Waals surface area (Å²) in [5.74, 6) is -0.599. The monoisotopic (exact) mass is 2290 g/mol. The molecule has 0 aliphatic carbocycles. The third-order valence-electron chi connectivity index (χ3n) is 21.2. The number of halogens is 4. The number of aromatic hydroxyl groups is 4. The van der Waals surface area contributed by atoms with Crippen molar-refractivity contribution in [1.82, 2.24) is 0 Å². The molecule has 14 nitrogen and oxygen atoms in total. The van der Waals surface area contributed by atoms with Gasteiger partial charge >= 0.3 is 142 Å². The third-order valence-corrected chi connectivity index (χ3v) is 21.2. The number of phenolic OH excluding ortho intramolecular Hbond substituents is 4. The molecule has 0 unspecified atom stereocenters. The Morgan fingerprint density at radius 1 is 0.248 bits per heavy atom. The Hall–Kier alpha value is -10.7. The molecule has 0 aromatic heterocycles. The van der Waals surface area contributed by atoms with E-state index in [0.29, 0.717) is 45.0 Å². The third kappa shape index (κ3) is 30.2. The number of carboxylic acids is 1. The topological polar surface area (TPSA) is 183 Å². The van der Waals surface area contributed by atoms with E-state index in [1.54, 1.807) is 49.1 Å². The Morgan fingerprint density at radius 3 is 0.511 bits per heavy atom. The molecule has 0 radical (unpaired) electrons. The molecule has 0 atom stereocenters. The summed E-state index contributed by atoms with van der Waals surface area (Å²) in [4.78, 5) is 36.6. The molecule has 23 heteroatoms. The number of carbonyl (C=O) groups is 1. The quantitative estimate of drug-likeness (QED) is 0.0335. The summed E-state index contributed by atoms with van der Waals surface area (Å²) in [7, 11) is 20.0. The molecule has 18 aromatic rings. The van der Waals surface area contributed by atoms with Gasteiger partial charge < -0.3 is 49.9 Å². The normalized spacial score (nSPS) is 11.0. The predicted octanol–water partition coefficient (Wildman–Crippen LogP) is 27.5. The second-order valence-electron chi connectivity index (χ2n) is 30.1. The zero-order valence-corrected chi connectivity index (χ0v) is 90.8. The molecule has 0 heterocycles. The fraction of sp³-hybridized carbons (Fsp3) is 0.00877. The Morgan fingerprint density at radius 2 is 0.372 bits per heavy atom. The van der Waals surface area contributed by atoms with E-state index in [-0.39, 0.29) is 73.6 Å². The molecule has 0 aliphatic rings. The number of para-hydroxylation sites is 12. The van der Waals surface area contributed by atoms with E-state index in [0.717, 1.165) is 120 Å². The number of anilines is 12. The molecular formula is C114H87Cl4K2N8NaO6Pt2. The van der Waals surface area contributed by atoms with Crippen LogP contribution in [-0.4, -0.2) is 114 Å². The summed E-state index contributed by atoms with van der Waals surface area (Å²) < 4.78 is 0. The van der Waals surface area contributed by atoms with E-state index in [9.17, 15) is 20.4 Å². The first-order chi connectivity index (χ1) is 65.9. The average Bonchev–Trinajstić information content (AvgIpc) is 0.809. The number of rotatable bonds is 24. The van der Waals surface area contributed by atoms with E-state index in [4.69, 9.17) is 67.5 Å². The van der Waals surface area contributed by atoms with Gasteiger partial charge in [0.15, 0.2) is 0 Å². The Bertz CT molecular complexity index is 6050. The van der Waals surface area contributed by atoms with Crippen molar-refractivity contribution in [3.63, 3.8) is 0 Å². The Labute approximate surface area is 899 Å². The van der Waals surface area contributed by atoms with Gasteiger partial charge in [-0.05, 0) is 270 Å². The van der Waals surface area contributed by atoms with Crippen molar-refractivity contribution in [2.24, 2.45) is 20.0 Å². The van der Waals surface area contributed by atoms with Crippen molar-refractivity contribution in [3.8, 4) is 67.5 Å². The van der Waals surface area contributed by atoms with Crippen LogP contribution in [0.25, 0.3) is 44.5 Å². The van der Waals surface area contributed by atoms with Gasteiger partial charge in [-0.3, -0.25) is 20.0 Å². The number of benzene rings is 18. The van der Waals surface area contributed by atoms with Crippen LogP contribution >= 0.6 is 37.7 Å². The standard InChI is InChI=1S/2C56H42N4O2.C2H4O2.4ClH.2K.Na.2Pt/c2*61-55-37-43(41-29-33-51(34-30-41)59(47-15-5-1-6-16-47)48-17-7-2-8-18-48)25-27-45(55)39-57-53-23-13-14-24-54(53)58-40-46-28-26-44(38-56(46)62)42-31-35-52(36-32-42)60(49-19-9-3-10-20-49)50-21-11-4-12-22-50;1-2(3)4;;;;;;;;;/h2*1-40,61-62H;1H3,(H,3,4);4*1H;;;;;/q;;;;;;;;;+1;;+4/p-5. The summed E-state index contributed by atoms with van der Waals surface area (Å²) in [5, 5.41) is 53.3. The summed E-state index contributed by atoms with van der Waals surface area (Å²) in [5.41, 5.74) is 25.0. The summed E-state index contributed by atoms with van der Waals surface area (Å²) in [6.07, 6.45) is 6.57. The van der Waals surface area contributed by atoms with Crippen molar-refractivity contribution < 1.29 is 92.8 Å². The van der Waals surface area contributed by atoms with Gasteiger partial charge in [0.25, 0.3) is 0 Å². The second kappa shape index (κ2) is 53.5. The Balaban J connectivity index is 0.000000219. The largest absolute Gasteiger partial charge is 1.00 e. The molecule has 0 fully saturated rings. The van der Waals surface area contributed by atoms with Crippen LogP contribution in [0.15, 0.2) is 481 Å². The number of hydrogen-bond donors (Lipinski definition) is 4. The molecule has 18 rings (SSSR count). The molecule has 4 N–H and O–H groups in total. The number of aliphatic carboxylic acids is 1. The number of carboxylic acid groups (broad SMARTS) is 1. The minimum absolute atomic E-state index is 0. The molecule has 137 heavy (non-hydrogen) atoms.